The molecule has 0 aliphatic rings. The SMILES string of the molecule is COc1c(C)cnc(CSc2nc3cc(-n4ccnc4)c(F)cc3[nH]2)c1C. The second kappa shape index (κ2) is 7.03. The van der Waals surface area contributed by atoms with Crippen LogP contribution in [0.5, 0.6) is 5.75 Å². The number of halogens is 1. The van der Waals surface area contributed by atoms with Crippen molar-refractivity contribution >= 4 is 22.8 Å². The molecule has 0 spiro atoms. The lowest BCUT2D eigenvalue weighted by Gasteiger charge is -2.11. The van der Waals surface area contributed by atoms with Crippen LogP contribution in [0.3, 0.4) is 0 Å². The number of benzene rings is 1. The third-order valence-corrected chi connectivity index (χ3v) is 5.29. The first kappa shape index (κ1) is 17.5. The lowest BCUT2D eigenvalue weighted by atomic mass is 10.1. The van der Waals surface area contributed by atoms with Gasteiger partial charge in [0.2, 0.25) is 0 Å². The molecule has 3 heterocycles. The molecule has 6 nitrogen and oxygen atoms in total. The van der Waals surface area contributed by atoms with Gasteiger partial charge in [-0.2, -0.15) is 0 Å². The highest BCUT2D eigenvalue weighted by Crippen LogP contribution is 2.29. The fourth-order valence-electron chi connectivity index (χ4n) is 3.02. The number of nitrogens with zero attached hydrogens (tertiary/aromatic N) is 4. The van der Waals surface area contributed by atoms with Crippen LogP contribution < -0.4 is 4.74 Å². The van der Waals surface area contributed by atoms with Gasteiger partial charge in [-0.25, -0.2) is 14.4 Å². The Hall–Kier alpha value is -2.87. The van der Waals surface area contributed by atoms with E-state index in [0.29, 0.717) is 27.6 Å². The van der Waals surface area contributed by atoms with E-state index in [1.165, 1.54) is 17.8 Å². The van der Waals surface area contributed by atoms with Gasteiger partial charge < -0.3 is 14.3 Å². The fraction of sp³-hybridized carbons (Fsp3) is 0.211. The third-order valence-electron chi connectivity index (χ3n) is 4.41. The molecule has 1 N–H and O–H groups in total. The van der Waals surface area contributed by atoms with Gasteiger partial charge in [0.15, 0.2) is 5.16 Å². The zero-order valence-electron chi connectivity index (χ0n) is 15.2. The lowest BCUT2D eigenvalue weighted by molar-refractivity contribution is 0.407. The molecule has 0 saturated carbocycles. The van der Waals surface area contributed by atoms with E-state index in [-0.39, 0.29) is 5.82 Å². The molecule has 0 saturated heterocycles. The Labute approximate surface area is 159 Å². The van der Waals surface area contributed by atoms with Crippen LogP contribution in [0.1, 0.15) is 16.8 Å². The van der Waals surface area contributed by atoms with E-state index >= 15 is 0 Å². The highest BCUT2D eigenvalue weighted by Gasteiger charge is 2.13. The Balaban J connectivity index is 1.60. The number of rotatable bonds is 5. The van der Waals surface area contributed by atoms with Gasteiger partial charge >= 0.3 is 0 Å². The number of aromatic amines is 1. The Bertz CT molecular complexity index is 1110. The number of nitrogens with one attached hydrogen (secondary N) is 1. The number of aromatic nitrogens is 5. The zero-order valence-corrected chi connectivity index (χ0v) is 16.0. The average molecular weight is 383 g/mol. The highest BCUT2D eigenvalue weighted by atomic mass is 32.2. The molecule has 0 radical (unpaired) electrons. The average Bonchev–Trinajstić information content (AvgIpc) is 3.30. The smallest absolute Gasteiger partial charge is 0.166 e. The number of hydrogen-bond acceptors (Lipinski definition) is 5. The molecule has 0 atom stereocenters. The number of fused-ring (bicyclic) bond motifs is 1. The van der Waals surface area contributed by atoms with E-state index in [1.54, 1.807) is 36.5 Å². The maximum absolute atomic E-state index is 14.4. The molecular formula is C19H18FN5OS. The minimum atomic E-state index is -0.332. The lowest BCUT2D eigenvalue weighted by Crippen LogP contribution is -1.98. The van der Waals surface area contributed by atoms with Crippen molar-refractivity contribution in [3.05, 3.63) is 59.7 Å². The van der Waals surface area contributed by atoms with Crippen molar-refractivity contribution in [3.8, 4) is 11.4 Å². The number of thioether (sulfide) groups is 1. The van der Waals surface area contributed by atoms with Gasteiger partial charge in [0.05, 0.1) is 35.9 Å². The van der Waals surface area contributed by atoms with Crippen LogP contribution in [-0.2, 0) is 5.75 Å². The molecule has 0 aliphatic carbocycles. The van der Waals surface area contributed by atoms with Crippen LogP contribution in [0.15, 0.2) is 42.2 Å². The number of hydrogen-bond donors (Lipinski definition) is 1. The normalized spacial score (nSPS) is 11.3. The van der Waals surface area contributed by atoms with E-state index in [0.717, 1.165) is 22.6 Å². The van der Waals surface area contributed by atoms with Gasteiger partial charge in [-0.3, -0.25) is 4.98 Å². The summed E-state index contributed by atoms with van der Waals surface area (Å²) in [5.74, 6) is 1.16. The molecular weight excluding hydrogens is 365 g/mol. The summed E-state index contributed by atoms with van der Waals surface area (Å²) in [6.45, 7) is 3.97. The quantitative estimate of drug-likeness (QED) is 0.523. The maximum atomic E-state index is 14.4. The van der Waals surface area contributed by atoms with Crippen LogP contribution in [0.2, 0.25) is 0 Å². The van der Waals surface area contributed by atoms with Crippen molar-refractivity contribution in [2.24, 2.45) is 0 Å². The first-order valence-electron chi connectivity index (χ1n) is 8.36. The molecule has 0 bridgehead atoms. The van der Waals surface area contributed by atoms with Crippen molar-refractivity contribution in [1.29, 1.82) is 0 Å². The molecule has 8 heteroatoms. The summed E-state index contributed by atoms with van der Waals surface area (Å²) in [5, 5.41) is 0.716. The molecule has 0 fully saturated rings. The Morgan fingerprint density at radius 2 is 2.15 bits per heavy atom. The van der Waals surface area contributed by atoms with E-state index in [4.69, 9.17) is 4.74 Å². The molecule has 3 aromatic heterocycles. The van der Waals surface area contributed by atoms with E-state index in [2.05, 4.69) is 19.9 Å². The minimum Gasteiger partial charge on any atom is -0.496 e. The number of imidazole rings is 2. The standard InChI is InChI=1S/C19H18FN5OS/c1-11-8-22-16(12(2)18(11)26-3)9-27-19-23-14-6-13(20)17(7-15(14)24-19)25-5-4-21-10-25/h4-8,10H,9H2,1-3H3,(H,23,24). The summed E-state index contributed by atoms with van der Waals surface area (Å²) in [5.41, 5.74) is 4.75. The van der Waals surface area contributed by atoms with Crippen molar-refractivity contribution in [3.63, 3.8) is 0 Å². The van der Waals surface area contributed by atoms with Crippen LogP contribution >= 0.6 is 11.8 Å². The first-order valence-corrected chi connectivity index (χ1v) is 9.35. The first-order chi connectivity index (χ1) is 13.1. The van der Waals surface area contributed by atoms with Crippen LogP contribution in [0, 0.1) is 19.7 Å². The summed E-state index contributed by atoms with van der Waals surface area (Å²) >= 11 is 1.52. The van der Waals surface area contributed by atoms with E-state index < -0.39 is 0 Å². The molecule has 0 unspecified atom stereocenters. The third kappa shape index (κ3) is 3.28. The highest BCUT2D eigenvalue weighted by molar-refractivity contribution is 7.98. The predicted molar refractivity (Wildman–Crippen MR) is 103 cm³/mol. The number of aryl methyl sites for hydroxylation is 1. The zero-order chi connectivity index (χ0) is 19.0. The van der Waals surface area contributed by atoms with Crippen LogP contribution in [0.4, 0.5) is 4.39 Å². The number of H-pyrrole nitrogens is 1. The summed E-state index contributed by atoms with van der Waals surface area (Å²) in [4.78, 5) is 16.2. The number of ether oxygens (including phenoxy) is 1. The molecule has 0 amide bonds. The van der Waals surface area contributed by atoms with E-state index in [1.807, 2.05) is 20.0 Å². The van der Waals surface area contributed by atoms with Crippen molar-refractivity contribution < 1.29 is 9.13 Å². The second-order valence-corrected chi connectivity index (χ2v) is 7.13. The predicted octanol–water partition coefficient (Wildman–Crippen LogP) is 4.20. The van der Waals surface area contributed by atoms with Gasteiger partial charge in [0, 0.05) is 41.5 Å². The van der Waals surface area contributed by atoms with Gasteiger partial charge in [0.25, 0.3) is 0 Å². The van der Waals surface area contributed by atoms with Crippen LogP contribution in [-0.4, -0.2) is 31.6 Å². The summed E-state index contributed by atoms with van der Waals surface area (Å²) in [6.07, 6.45) is 6.69. The number of methoxy groups -OCH3 is 1. The Morgan fingerprint density at radius 3 is 2.89 bits per heavy atom. The molecule has 1 aromatic carbocycles. The largest absolute Gasteiger partial charge is 0.496 e. The Morgan fingerprint density at radius 1 is 1.30 bits per heavy atom. The van der Waals surface area contributed by atoms with Gasteiger partial charge in [-0.05, 0) is 19.9 Å². The molecule has 138 valence electrons. The van der Waals surface area contributed by atoms with Gasteiger partial charge in [-0.1, -0.05) is 11.8 Å². The van der Waals surface area contributed by atoms with Gasteiger partial charge in [-0.15, -0.1) is 0 Å². The van der Waals surface area contributed by atoms with Gasteiger partial charge in [0.1, 0.15) is 11.6 Å². The van der Waals surface area contributed by atoms with Crippen molar-refractivity contribution in [1.82, 2.24) is 24.5 Å². The number of pyridine rings is 1. The summed E-state index contributed by atoms with van der Waals surface area (Å²) < 4.78 is 21.5. The monoisotopic (exact) mass is 383 g/mol. The molecule has 0 aliphatic heterocycles. The molecule has 4 rings (SSSR count). The molecule has 27 heavy (non-hydrogen) atoms. The fourth-order valence-corrected chi connectivity index (χ4v) is 3.93. The summed E-state index contributed by atoms with van der Waals surface area (Å²) in [7, 11) is 1.66. The van der Waals surface area contributed by atoms with Crippen molar-refractivity contribution in [2.75, 3.05) is 7.11 Å². The van der Waals surface area contributed by atoms with Crippen molar-refractivity contribution in [2.45, 2.75) is 24.8 Å². The topological polar surface area (TPSA) is 68.6 Å². The Kier molecular flexibility index (Phi) is 4.57. The minimum absolute atomic E-state index is 0.332. The van der Waals surface area contributed by atoms with E-state index in [9.17, 15) is 4.39 Å². The summed E-state index contributed by atoms with van der Waals surface area (Å²) in [6, 6.07) is 3.17. The maximum Gasteiger partial charge on any atom is 0.166 e. The van der Waals surface area contributed by atoms with Crippen LogP contribution in [0.25, 0.3) is 16.7 Å². The molecule has 4 aromatic rings. The second-order valence-electron chi connectivity index (χ2n) is 6.17.